The van der Waals surface area contributed by atoms with Crippen molar-refractivity contribution >= 4 is 29.7 Å². The highest BCUT2D eigenvalue weighted by Gasteiger charge is 2.41. The van der Waals surface area contributed by atoms with E-state index in [0.29, 0.717) is 30.5 Å². The van der Waals surface area contributed by atoms with Crippen molar-refractivity contribution in [1.82, 2.24) is 9.80 Å². The second kappa shape index (κ2) is 6.25. The molecule has 1 atom stereocenters. The lowest BCUT2D eigenvalue weighted by atomic mass is 10.2. The molecule has 0 aromatic rings. The Morgan fingerprint density at radius 3 is 2.67 bits per heavy atom. The molecule has 2 heterocycles. The van der Waals surface area contributed by atoms with E-state index in [1.54, 1.807) is 16.7 Å². The Morgan fingerprint density at radius 1 is 1.24 bits per heavy atom. The van der Waals surface area contributed by atoms with Crippen LogP contribution in [0.2, 0.25) is 0 Å². The number of carbonyl (C=O) groups excluding carboxylic acids is 3. The minimum absolute atomic E-state index is 0.120. The summed E-state index contributed by atoms with van der Waals surface area (Å²) in [4.78, 5) is 38.3. The maximum absolute atomic E-state index is 12.2. The van der Waals surface area contributed by atoms with Crippen molar-refractivity contribution in [2.24, 2.45) is 0 Å². The third kappa shape index (κ3) is 3.17. The van der Waals surface area contributed by atoms with Crippen LogP contribution in [0.5, 0.6) is 0 Å². The molecule has 1 unspecified atom stereocenters. The average molecular weight is 312 g/mol. The number of hydrogen-bond donors (Lipinski definition) is 0. The van der Waals surface area contributed by atoms with Gasteiger partial charge in [0, 0.05) is 18.3 Å². The summed E-state index contributed by atoms with van der Waals surface area (Å²) in [5.74, 6) is 0.338. The fraction of sp³-hybridized carbons (Fsp3) is 0.786. The van der Waals surface area contributed by atoms with E-state index in [9.17, 15) is 14.4 Å². The fourth-order valence-corrected chi connectivity index (χ4v) is 4.46. The maximum Gasteiger partial charge on any atom is 0.417 e. The number of ether oxygens (including phenoxy) is 1. The van der Waals surface area contributed by atoms with Crippen LogP contribution in [0.1, 0.15) is 32.1 Å². The molecule has 21 heavy (non-hydrogen) atoms. The first-order valence-corrected chi connectivity index (χ1v) is 8.58. The van der Waals surface area contributed by atoms with E-state index in [1.807, 2.05) is 0 Å². The van der Waals surface area contributed by atoms with Gasteiger partial charge in [-0.3, -0.25) is 9.59 Å². The Hall–Kier alpha value is -1.24. The molecule has 2 saturated heterocycles. The van der Waals surface area contributed by atoms with E-state index in [-0.39, 0.29) is 24.5 Å². The lowest BCUT2D eigenvalue weighted by molar-refractivity contribution is -0.129. The van der Waals surface area contributed by atoms with Gasteiger partial charge in [-0.05, 0) is 19.3 Å². The van der Waals surface area contributed by atoms with Gasteiger partial charge in [0.15, 0.2) is 6.61 Å². The Kier molecular flexibility index (Phi) is 4.37. The summed E-state index contributed by atoms with van der Waals surface area (Å²) in [6.45, 7) is 0.900. The van der Waals surface area contributed by atoms with Gasteiger partial charge in [-0.2, -0.15) is 0 Å². The molecule has 3 fully saturated rings. The molecule has 0 spiro atoms. The van der Waals surface area contributed by atoms with Gasteiger partial charge in [0.05, 0.1) is 11.8 Å². The highest BCUT2D eigenvalue weighted by atomic mass is 32.2. The Balaban J connectivity index is 1.48. The minimum Gasteiger partial charge on any atom is -0.439 e. The number of cyclic esters (lactones) is 1. The quantitative estimate of drug-likeness (QED) is 0.781. The molecule has 0 radical (unpaired) electrons. The monoisotopic (exact) mass is 312 g/mol. The number of nitrogens with zero attached hydrogens (tertiary/aromatic N) is 2. The van der Waals surface area contributed by atoms with Crippen molar-refractivity contribution in [3.8, 4) is 0 Å². The number of carbonyl (C=O) groups is 3. The second-order valence-corrected chi connectivity index (χ2v) is 7.11. The highest BCUT2D eigenvalue weighted by Crippen LogP contribution is 2.30. The number of thioether (sulfide) groups is 1. The molecule has 0 aromatic carbocycles. The average Bonchev–Trinajstić information content (AvgIpc) is 3.18. The molecular formula is C14H20N2O4S. The molecule has 6 nitrogen and oxygen atoms in total. The summed E-state index contributed by atoms with van der Waals surface area (Å²) in [6, 6.07) is -0.215. The van der Waals surface area contributed by atoms with E-state index in [4.69, 9.17) is 4.74 Å². The maximum atomic E-state index is 12.2. The molecule has 2 aliphatic heterocycles. The first kappa shape index (κ1) is 14.7. The number of rotatable bonds is 4. The number of likely N-dealkylation sites (tertiary alicyclic amines) is 1. The molecule has 3 amide bonds. The Bertz CT molecular complexity index is 434. The van der Waals surface area contributed by atoms with Crippen LogP contribution in [-0.2, 0) is 14.3 Å². The van der Waals surface area contributed by atoms with Gasteiger partial charge in [-0.25, -0.2) is 9.69 Å². The molecule has 3 rings (SSSR count). The van der Waals surface area contributed by atoms with Gasteiger partial charge in [0.25, 0.3) is 5.91 Å². The van der Waals surface area contributed by atoms with Crippen molar-refractivity contribution in [3.05, 3.63) is 0 Å². The largest absolute Gasteiger partial charge is 0.439 e. The van der Waals surface area contributed by atoms with Crippen molar-refractivity contribution in [3.63, 3.8) is 0 Å². The Morgan fingerprint density at radius 2 is 2.00 bits per heavy atom. The van der Waals surface area contributed by atoms with Gasteiger partial charge in [-0.1, -0.05) is 12.8 Å². The summed E-state index contributed by atoms with van der Waals surface area (Å²) in [6.07, 6.45) is 5.07. The van der Waals surface area contributed by atoms with Crippen LogP contribution in [-0.4, -0.2) is 64.4 Å². The topological polar surface area (TPSA) is 66.9 Å². The zero-order chi connectivity index (χ0) is 14.8. The van der Waals surface area contributed by atoms with Crippen molar-refractivity contribution < 1.29 is 19.1 Å². The SMILES string of the molecule is O=C(CSC1CCCC1)N1CCC(N2C(=O)COC2=O)C1. The van der Waals surface area contributed by atoms with Crippen molar-refractivity contribution in [1.29, 1.82) is 0 Å². The first-order valence-electron chi connectivity index (χ1n) is 7.53. The van der Waals surface area contributed by atoms with E-state index >= 15 is 0 Å². The van der Waals surface area contributed by atoms with E-state index in [1.165, 1.54) is 30.6 Å². The van der Waals surface area contributed by atoms with Crippen LogP contribution in [0.4, 0.5) is 4.79 Å². The van der Waals surface area contributed by atoms with Gasteiger partial charge in [0.1, 0.15) is 0 Å². The van der Waals surface area contributed by atoms with Gasteiger partial charge in [0.2, 0.25) is 5.91 Å². The summed E-state index contributed by atoms with van der Waals surface area (Å²) < 4.78 is 4.73. The molecule has 1 saturated carbocycles. The van der Waals surface area contributed by atoms with Crippen LogP contribution >= 0.6 is 11.8 Å². The summed E-state index contributed by atoms with van der Waals surface area (Å²) in [7, 11) is 0. The predicted molar refractivity (Wildman–Crippen MR) is 77.9 cm³/mol. The molecule has 7 heteroatoms. The number of imide groups is 1. The van der Waals surface area contributed by atoms with Gasteiger partial charge < -0.3 is 9.64 Å². The standard InChI is InChI=1S/C14H20N2O4S/c17-12-8-20-14(19)16(12)10-5-6-15(7-10)13(18)9-21-11-3-1-2-4-11/h10-11H,1-9H2. The van der Waals surface area contributed by atoms with E-state index < -0.39 is 6.09 Å². The highest BCUT2D eigenvalue weighted by molar-refractivity contribution is 8.00. The molecule has 116 valence electrons. The van der Waals surface area contributed by atoms with Crippen molar-refractivity contribution in [2.75, 3.05) is 25.4 Å². The molecule has 0 N–H and O–H groups in total. The predicted octanol–water partition coefficient (Wildman–Crippen LogP) is 1.24. The number of amides is 3. The molecule has 0 bridgehead atoms. The second-order valence-electron chi connectivity index (χ2n) is 5.82. The zero-order valence-electron chi connectivity index (χ0n) is 12.0. The normalized spacial score (nSPS) is 26.8. The van der Waals surface area contributed by atoms with Crippen LogP contribution in [0, 0.1) is 0 Å². The van der Waals surface area contributed by atoms with Crippen LogP contribution in [0.25, 0.3) is 0 Å². The zero-order valence-corrected chi connectivity index (χ0v) is 12.8. The smallest absolute Gasteiger partial charge is 0.417 e. The van der Waals surface area contributed by atoms with Gasteiger partial charge >= 0.3 is 6.09 Å². The number of hydrogen-bond acceptors (Lipinski definition) is 5. The first-order chi connectivity index (χ1) is 10.1. The lowest BCUT2D eigenvalue weighted by Gasteiger charge is -2.21. The third-order valence-corrected chi connectivity index (χ3v) is 5.77. The molecular weight excluding hydrogens is 292 g/mol. The fourth-order valence-electron chi connectivity index (χ4n) is 3.23. The van der Waals surface area contributed by atoms with Gasteiger partial charge in [-0.15, -0.1) is 11.8 Å². The summed E-state index contributed by atoms with van der Waals surface area (Å²) >= 11 is 1.75. The van der Waals surface area contributed by atoms with Crippen molar-refractivity contribution in [2.45, 2.75) is 43.4 Å². The molecule has 0 aromatic heterocycles. The van der Waals surface area contributed by atoms with Crippen LogP contribution in [0.3, 0.4) is 0 Å². The Labute approximate surface area is 128 Å². The molecule has 3 aliphatic rings. The summed E-state index contributed by atoms with van der Waals surface area (Å²) in [5.41, 5.74) is 0. The van der Waals surface area contributed by atoms with Crippen LogP contribution in [0.15, 0.2) is 0 Å². The van der Waals surface area contributed by atoms with E-state index in [2.05, 4.69) is 0 Å². The third-order valence-electron chi connectivity index (χ3n) is 4.41. The molecule has 1 aliphatic carbocycles. The summed E-state index contributed by atoms with van der Waals surface area (Å²) in [5, 5.41) is 0.627. The van der Waals surface area contributed by atoms with Crippen LogP contribution < -0.4 is 0 Å². The van der Waals surface area contributed by atoms with E-state index in [0.717, 1.165) is 0 Å². The lowest BCUT2D eigenvalue weighted by Crippen LogP contribution is -2.42. The minimum atomic E-state index is -0.570.